The summed E-state index contributed by atoms with van der Waals surface area (Å²) in [5.74, 6) is 0. The Morgan fingerprint density at radius 3 is 2.55 bits per heavy atom. The zero-order chi connectivity index (χ0) is 14.8. The van der Waals surface area contributed by atoms with E-state index < -0.39 is 0 Å². The summed E-state index contributed by atoms with van der Waals surface area (Å²) in [4.78, 5) is 4.81. The number of fused-ring (bicyclic) bond motifs is 1. The molecule has 108 valence electrons. The molecule has 2 N–H and O–H groups in total. The van der Waals surface area contributed by atoms with Crippen molar-refractivity contribution in [3.63, 3.8) is 0 Å². The summed E-state index contributed by atoms with van der Waals surface area (Å²) in [7, 11) is 0. The number of aryl methyl sites for hydroxylation is 2. The van der Waals surface area contributed by atoms with Crippen LogP contribution in [0.1, 0.15) is 50.4 Å². The Balaban J connectivity index is 2.55. The minimum atomic E-state index is 0.120. The fourth-order valence-electron chi connectivity index (χ4n) is 2.73. The first-order valence-electron chi connectivity index (χ1n) is 7.53. The Morgan fingerprint density at radius 2 is 1.90 bits per heavy atom. The number of pyridine rings is 1. The molecule has 0 fully saturated rings. The molecule has 0 amide bonds. The van der Waals surface area contributed by atoms with Crippen LogP contribution in [-0.2, 0) is 11.8 Å². The first-order chi connectivity index (χ1) is 9.43. The number of nitrogens with zero attached hydrogens (tertiary/aromatic N) is 1. The summed E-state index contributed by atoms with van der Waals surface area (Å²) in [5.41, 5.74) is 10.7. The van der Waals surface area contributed by atoms with Gasteiger partial charge in [0, 0.05) is 11.1 Å². The molecule has 2 nitrogen and oxygen atoms in total. The van der Waals surface area contributed by atoms with E-state index in [0.717, 1.165) is 31.5 Å². The van der Waals surface area contributed by atoms with Crippen LogP contribution in [0.4, 0.5) is 0 Å². The van der Waals surface area contributed by atoms with Crippen LogP contribution in [0.2, 0.25) is 0 Å². The Hall–Kier alpha value is -1.41. The highest BCUT2D eigenvalue weighted by Crippen LogP contribution is 2.31. The summed E-state index contributed by atoms with van der Waals surface area (Å²) in [6.07, 6.45) is 3.32. The van der Waals surface area contributed by atoms with Crippen LogP contribution in [0, 0.1) is 6.92 Å². The van der Waals surface area contributed by atoms with Gasteiger partial charge >= 0.3 is 0 Å². The van der Waals surface area contributed by atoms with Gasteiger partial charge in [0.25, 0.3) is 0 Å². The first-order valence-corrected chi connectivity index (χ1v) is 7.53. The van der Waals surface area contributed by atoms with Gasteiger partial charge in [-0.15, -0.1) is 0 Å². The van der Waals surface area contributed by atoms with Gasteiger partial charge in [-0.3, -0.25) is 4.98 Å². The summed E-state index contributed by atoms with van der Waals surface area (Å²) in [6, 6.07) is 8.80. The molecule has 0 saturated heterocycles. The van der Waals surface area contributed by atoms with Crippen LogP contribution in [0.3, 0.4) is 0 Å². The maximum atomic E-state index is 5.60. The lowest BCUT2D eigenvalue weighted by Crippen LogP contribution is -2.12. The molecular formula is C18H26N2. The highest BCUT2D eigenvalue weighted by Gasteiger charge is 2.18. The van der Waals surface area contributed by atoms with Gasteiger partial charge in [0.15, 0.2) is 0 Å². The van der Waals surface area contributed by atoms with E-state index in [1.54, 1.807) is 0 Å². The van der Waals surface area contributed by atoms with Gasteiger partial charge in [-0.05, 0) is 55.3 Å². The topological polar surface area (TPSA) is 38.9 Å². The normalized spacial score (nSPS) is 12.1. The standard InChI is InChI=1S/C18H26N2/c1-13-12-14(8-5-6-11-19)15-9-7-10-16(17(15)20-13)18(2,3)4/h7,9-10,12H,5-6,8,11,19H2,1-4H3. The molecule has 2 rings (SSSR count). The number of rotatable bonds is 4. The van der Waals surface area contributed by atoms with Crippen LogP contribution >= 0.6 is 0 Å². The summed E-state index contributed by atoms with van der Waals surface area (Å²) in [5, 5.41) is 1.31. The number of aromatic nitrogens is 1. The van der Waals surface area contributed by atoms with Crippen LogP contribution in [0.15, 0.2) is 24.3 Å². The minimum Gasteiger partial charge on any atom is -0.330 e. The first kappa shape index (κ1) is 15.0. The van der Waals surface area contributed by atoms with Gasteiger partial charge in [-0.25, -0.2) is 0 Å². The molecule has 1 aromatic heterocycles. The Kier molecular flexibility index (Phi) is 4.44. The van der Waals surface area contributed by atoms with E-state index in [9.17, 15) is 0 Å². The zero-order valence-electron chi connectivity index (χ0n) is 13.2. The molecule has 2 aromatic rings. The van der Waals surface area contributed by atoms with Crippen molar-refractivity contribution in [2.24, 2.45) is 5.73 Å². The van der Waals surface area contributed by atoms with Crippen molar-refractivity contribution in [3.05, 3.63) is 41.1 Å². The molecule has 0 unspecified atom stereocenters. The van der Waals surface area contributed by atoms with E-state index in [1.165, 1.54) is 22.0 Å². The third-order valence-electron chi connectivity index (χ3n) is 3.76. The average Bonchev–Trinajstić information content (AvgIpc) is 2.37. The van der Waals surface area contributed by atoms with Crippen molar-refractivity contribution in [1.82, 2.24) is 4.98 Å². The summed E-state index contributed by atoms with van der Waals surface area (Å²) in [6.45, 7) is 9.61. The summed E-state index contributed by atoms with van der Waals surface area (Å²) < 4.78 is 0. The van der Waals surface area contributed by atoms with Crippen LogP contribution < -0.4 is 5.73 Å². The van der Waals surface area contributed by atoms with E-state index in [0.29, 0.717) is 0 Å². The Labute approximate surface area is 122 Å². The fraction of sp³-hybridized carbons (Fsp3) is 0.500. The van der Waals surface area contributed by atoms with E-state index in [1.807, 2.05) is 0 Å². The van der Waals surface area contributed by atoms with E-state index in [4.69, 9.17) is 10.7 Å². The third kappa shape index (κ3) is 3.18. The number of nitrogens with two attached hydrogens (primary N) is 1. The largest absolute Gasteiger partial charge is 0.330 e. The molecule has 0 radical (unpaired) electrons. The molecule has 0 bridgehead atoms. The quantitative estimate of drug-likeness (QED) is 0.849. The Bertz CT molecular complexity index is 594. The minimum absolute atomic E-state index is 0.120. The molecular weight excluding hydrogens is 244 g/mol. The highest BCUT2D eigenvalue weighted by molar-refractivity contribution is 5.86. The van der Waals surface area contributed by atoms with Crippen molar-refractivity contribution in [2.75, 3.05) is 6.54 Å². The second-order valence-electron chi connectivity index (χ2n) is 6.62. The molecule has 0 saturated carbocycles. The number of para-hydroxylation sites is 1. The molecule has 0 atom stereocenters. The molecule has 1 aromatic carbocycles. The molecule has 1 heterocycles. The van der Waals surface area contributed by atoms with Crippen molar-refractivity contribution in [2.45, 2.75) is 52.4 Å². The van der Waals surface area contributed by atoms with E-state index >= 15 is 0 Å². The van der Waals surface area contributed by atoms with Crippen molar-refractivity contribution < 1.29 is 0 Å². The number of hydrogen-bond acceptors (Lipinski definition) is 2. The highest BCUT2D eigenvalue weighted by atomic mass is 14.7. The average molecular weight is 270 g/mol. The third-order valence-corrected chi connectivity index (χ3v) is 3.76. The van der Waals surface area contributed by atoms with Gasteiger partial charge in [0.05, 0.1) is 5.52 Å². The van der Waals surface area contributed by atoms with Crippen molar-refractivity contribution in [3.8, 4) is 0 Å². The molecule has 0 spiro atoms. The second-order valence-corrected chi connectivity index (χ2v) is 6.62. The zero-order valence-corrected chi connectivity index (χ0v) is 13.2. The SMILES string of the molecule is Cc1cc(CCCCN)c2cccc(C(C)(C)C)c2n1. The van der Waals surface area contributed by atoms with Gasteiger partial charge in [0.1, 0.15) is 0 Å². The Morgan fingerprint density at radius 1 is 1.15 bits per heavy atom. The lowest BCUT2D eigenvalue weighted by molar-refractivity contribution is 0.594. The number of hydrogen-bond donors (Lipinski definition) is 1. The van der Waals surface area contributed by atoms with Crippen molar-refractivity contribution >= 4 is 10.9 Å². The second kappa shape index (κ2) is 5.92. The van der Waals surface area contributed by atoms with Gasteiger partial charge in [-0.1, -0.05) is 39.0 Å². The predicted octanol–water partition coefficient (Wildman–Crippen LogP) is 4.12. The van der Waals surface area contributed by atoms with E-state index in [-0.39, 0.29) is 5.41 Å². The van der Waals surface area contributed by atoms with Gasteiger partial charge in [-0.2, -0.15) is 0 Å². The lowest BCUT2D eigenvalue weighted by atomic mass is 9.84. The van der Waals surface area contributed by atoms with Crippen LogP contribution in [0.5, 0.6) is 0 Å². The molecule has 20 heavy (non-hydrogen) atoms. The van der Waals surface area contributed by atoms with Gasteiger partial charge < -0.3 is 5.73 Å². The number of benzene rings is 1. The molecule has 0 aliphatic carbocycles. The molecule has 0 aliphatic rings. The van der Waals surface area contributed by atoms with Gasteiger partial charge in [0.2, 0.25) is 0 Å². The maximum Gasteiger partial charge on any atom is 0.0745 e. The smallest absolute Gasteiger partial charge is 0.0745 e. The predicted molar refractivity (Wildman–Crippen MR) is 87.2 cm³/mol. The summed E-state index contributed by atoms with van der Waals surface area (Å²) >= 11 is 0. The lowest BCUT2D eigenvalue weighted by Gasteiger charge is -2.21. The van der Waals surface area contributed by atoms with Crippen molar-refractivity contribution in [1.29, 1.82) is 0 Å². The number of unbranched alkanes of at least 4 members (excludes halogenated alkanes) is 1. The van der Waals surface area contributed by atoms with E-state index in [2.05, 4.69) is 52.0 Å². The fourth-order valence-corrected chi connectivity index (χ4v) is 2.73. The van der Waals surface area contributed by atoms with Crippen LogP contribution in [0.25, 0.3) is 10.9 Å². The van der Waals surface area contributed by atoms with Crippen LogP contribution in [-0.4, -0.2) is 11.5 Å². The monoisotopic (exact) mass is 270 g/mol. The maximum absolute atomic E-state index is 5.60. The molecule has 2 heteroatoms. The molecule has 0 aliphatic heterocycles.